The normalized spacial score (nSPS) is 17.9. The van der Waals surface area contributed by atoms with Crippen molar-refractivity contribution in [2.75, 3.05) is 26.2 Å². The smallest absolute Gasteiger partial charge is 0.310 e. The number of nitrogens with one attached hydrogen (secondary N) is 2. The first-order chi connectivity index (χ1) is 26.0. The van der Waals surface area contributed by atoms with Crippen LogP contribution in [0.2, 0.25) is 0 Å². The molecule has 0 aliphatic carbocycles. The summed E-state index contributed by atoms with van der Waals surface area (Å²) in [6.45, 7) is 7.19. The SMILES string of the molecule is CCN(CC)[C@@H](C(=O)N1CCC[C@H]1c1ncc(-c2ccc(-c3ccc(-c4cnc([C@@H]5CCCN5C(=O)c5ncco5)[nH]4)cc3)cc2)[nH]1)c1ccccc1. The first-order valence-corrected chi connectivity index (χ1v) is 18.6. The molecule has 0 spiro atoms. The van der Waals surface area contributed by atoms with Crippen molar-refractivity contribution in [3.8, 4) is 33.6 Å². The number of aromatic amines is 2. The van der Waals surface area contributed by atoms with Crippen LogP contribution in [0.1, 0.15) is 85.6 Å². The Kier molecular flexibility index (Phi) is 9.73. The molecule has 2 N–H and O–H groups in total. The quantitative estimate of drug-likeness (QED) is 0.140. The van der Waals surface area contributed by atoms with Crippen molar-refractivity contribution < 1.29 is 14.0 Å². The van der Waals surface area contributed by atoms with E-state index >= 15 is 0 Å². The number of likely N-dealkylation sites (tertiary alicyclic amines) is 2. The van der Waals surface area contributed by atoms with E-state index in [-0.39, 0.29) is 35.8 Å². The first-order valence-electron chi connectivity index (χ1n) is 18.6. The number of benzene rings is 3. The summed E-state index contributed by atoms with van der Waals surface area (Å²) in [5.74, 6) is 1.63. The Labute approximate surface area is 309 Å². The van der Waals surface area contributed by atoms with Crippen molar-refractivity contribution in [2.45, 2.75) is 57.7 Å². The highest BCUT2D eigenvalue weighted by molar-refractivity contribution is 5.90. The summed E-state index contributed by atoms with van der Waals surface area (Å²) in [6.07, 6.45) is 10.2. The van der Waals surface area contributed by atoms with Gasteiger partial charge in [0, 0.05) is 13.1 Å². The number of hydrogen-bond acceptors (Lipinski definition) is 7. The predicted octanol–water partition coefficient (Wildman–Crippen LogP) is 7.85. The van der Waals surface area contributed by atoms with E-state index < -0.39 is 0 Å². The van der Waals surface area contributed by atoms with Crippen LogP contribution in [-0.4, -0.2) is 77.6 Å². The van der Waals surface area contributed by atoms with E-state index in [0.29, 0.717) is 6.54 Å². The molecular formula is C42H44N8O3. The molecule has 11 heteroatoms. The van der Waals surface area contributed by atoms with Crippen molar-refractivity contribution in [3.63, 3.8) is 0 Å². The molecule has 0 bridgehead atoms. The van der Waals surface area contributed by atoms with E-state index in [9.17, 15) is 9.59 Å². The van der Waals surface area contributed by atoms with E-state index in [2.05, 4.69) is 99.3 Å². The van der Waals surface area contributed by atoms with Crippen LogP contribution in [0, 0.1) is 0 Å². The third-order valence-corrected chi connectivity index (χ3v) is 10.7. The molecule has 3 aromatic carbocycles. The van der Waals surface area contributed by atoms with Crippen LogP contribution in [-0.2, 0) is 4.79 Å². The molecular weight excluding hydrogens is 665 g/mol. The van der Waals surface area contributed by atoms with Crippen LogP contribution >= 0.6 is 0 Å². The van der Waals surface area contributed by atoms with Crippen LogP contribution in [0.3, 0.4) is 0 Å². The molecule has 2 fully saturated rings. The lowest BCUT2D eigenvalue weighted by Gasteiger charge is -2.34. The van der Waals surface area contributed by atoms with Gasteiger partial charge in [-0.3, -0.25) is 14.5 Å². The molecule has 5 heterocycles. The van der Waals surface area contributed by atoms with Crippen molar-refractivity contribution in [2.24, 2.45) is 0 Å². The molecule has 270 valence electrons. The van der Waals surface area contributed by atoms with Gasteiger partial charge in [0.05, 0.1) is 42.1 Å². The second-order valence-electron chi connectivity index (χ2n) is 13.7. The molecule has 2 aliphatic heterocycles. The summed E-state index contributed by atoms with van der Waals surface area (Å²) in [5, 5.41) is 0. The topological polar surface area (TPSA) is 127 Å². The maximum atomic E-state index is 14.2. The molecule has 2 amide bonds. The van der Waals surface area contributed by atoms with Gasteiger partial charge in [-0.15, -0.1) is 0 Å². The van der Waals surface area contributed by atoms with Crippen molar-refractivity contribution >= 4 is 11.8 Å². The number of carbonyl (C=O) groups is 2. The number of carbonyl (C=O) groups excluding carboxylic acids is 2. The number of rotatable bonds is 11. The Morgan fingerprint density at radius 2 is 1.26 bits per heavy atom. The molecule has 6 aromatic rings. The molecule has 2 saturated heterocycles. The van der Waals surface area contributed by atoms with Gasteiger partial charge in [0.2, 0.25) is 5.91 Å². The fourth-order valence-electron chi connectivity index (χ4n) is 7.94. The number of nitrogens with zero attached hydrogens (tertiary/aromatic N) is 6. The largest absolute Gasteiger partial charge is 0.441 e. The Hall–Kier alpha value is -5.81. The summed E-state index contributed by atoms with van der Waals surface area (Å²) in [7, 11) is 0. The number of oxazole rings is 1. The summed E-state index contributed by atoms with van der Waals surface area (Å²) in [6, 6.07) is 26.4. The summed E-state index contributed by atoms with van der Waals surface area (Å²) in [5.41, 5.74) is 7.13. The number of likely N-dealkylation sites (N-methyl/N-ethyl adjacent to an activating group) is 1. The maximum Gasteiger partial charge on any atom is 0.310 e. The Balaban J connectivity index is 0.940. The average molecular weight is 709 g/mol. The monoisotopic (exact) mass is 708 g/mol. The van der Waals surface area contributed by atoms with Gasteiger partial charge >= 0.3 is 5.91 Å². The van der Waals surface area contributed by atoms with E-state index in [0.717, 1.165) is 96.2 Å². The maximum absolute atomic E-state index is 14.2. The van der Waals surface area contributed by atoms with Crippen molar-refractivity contribution in [1.82, 2.24) is 39.6 Å². The zero-order valence-electron chi connectivity index (χ0n) is 30.1. The van der Waals surface area contributed by atoms with Gasteiger partial charge in [0.15, 0.2) is 0 Å². The van der Waals surface area contributed by atoms with Gasteiger partial charge < -0.3 is 24.2 Å². The zero-order valence-corrected chi connectivity index (χ0v) is 30.1. The third-order valence-electron chi connectivity index (χ3n) is 10.7. The van der Waals surface area contributed by atoms with Gasteiger partial charge in [-0.05, 0) is 66.6 Å². The fourth-order valence-corrected chi connectivity index (χ4v) is 7.94. The standard InChI is InChI=1S/C42H44N8O3/c1-3-48(4-2)37(32-10-6-5-7-11-32)41(51)49-23-8-12-35(49)38-44-26-33(46-38)30-18-14-28(15-19-30)29-16-20-31(21-17-29)34-27-45-39(47-34)36-13-9-24-50(36)42(52)40-43-22-25-53-40/h5-7,10-11,14-22,25-27,35-37H,3-4,8-9,12-13,23-24H2,1-2H3,(H,44,46)(H,45,47)/t35-,36-,37+/m0/s1. The minimum Gasteiger partial charge on any atom is -0.441 e. The molecule has 53 heavy (non-hydrogen) atoms. The Morgan fingerprint density at radius 3 is 1.79 bits per heavy atom. The number of aromatic nitrogens is 5. The van der Waals surface area contributed by atoms with Crippen molar-refractivity contribution in [3.05, 3.63) is 127 Å². The van der Waals surface area contributed by atoms with Gasteiger partial charge in [0.25, 0.3) is 5.89 Å². The molecule has 8 rings (SSSR count). The minimum absolute atomic E-state index is 0.0830. The lowest BCUT2D eigenvalue weighted by molar-refractivity contribution is -0.138. The van der Waals surface area contributed by atoms with Crippen LogP contribution in [0.5, 0.6) is 0 Å². The van der Waals surface area contributed by atoms with E-state index in [1.54, 1.807) is 4.90 Å². The molecule has 2 aliphatic rings. The molecule has 11 nitrogen and oxygen atoms in total. The van der Waals surface area contributed by atoms with Gasteiger partial charge in [-0.2, -0.15) is 0 Å². The van der Waals surface area contributed by atoms with Crippen molar-refractivity contribution in [1.29, 1.82) is 0 Å². The van der Waals surface area contributed by atoms with E-state index in [1.165, 1.54) is 12.5 Å². The number of amides is 2. The van der Waals surface area contributed by atoms with Crippen LogP contribution in [0.25, 0.3) is 33.6 Å². The van der Waals surface area contributed by atoms with Gasteiger partial charge in [-0.1, -0.05) is 92.7 Å². The highest BCUT2D eigenvalue weighted by Gasteiger charge is 2.38. The Bertz CT molecular complexity index is 2140. The molecule has 3 aromatic heterocycles. The predicted molar refractivity (Wildman–Crippen MR) is 202 cm³/mol. The highest BCUT2D eigenvalue weighted by Crippen LogP contribution is 2.36. The first kappa shape index (κ1) is 34.3. The number of H-pyrrole nitrogens is 2. The van der Waals surface area contributed by atoms with Gasteiger partial charge in [0.1, 0.15) is 24.0 Å². The molecule has 0 radical (unpaired) electrons. The lowest BCUT2D eigenvalue weighted by Crippen LogP contribution is -2.43. The van der Waals surface area contributed by atoms with Crippen LogP contribution < -0.4 is 0 Å². The fraction of sp³-hybridized carbons (Fsp3) is 0.310. The molecule has 3 atom stereocenters. The Morgan fingerprint density at radius 1 is 0.736 bits per heavy atom. The van der Waals surface area contributed by atoms with Crippen LogP contribution in [0.4, 0.5) is 0 Å². The number of hydrogen-bond donors (Lipinski definition) is 2. The van der Waals surface area contributed by atoms with Gasteiger partial charge in [-0.25, -0.2) is 15.0 Å². The zero-order chi connectivity index (χ0) is 36.3. The lowest BCUT2D eigenvalue weighted by atomic mass is 10.0. The highest BCUT2D eigenvalue weighted by atomic mass is 16.4. The van der Waals surface area contributed by atoms with E-state index in [1.807, 2.05) is 35.5 Å². The second-order valence-corrected chi connectivity index (χ2v) is 13.7. The van der Waals surface area contributed by atoms with Crippen LogP contribution in [0.15, 0.2) is 108 Å². The minimum atomic E-state index is -0.314. The molecule has 0 saturated carbocycles. The van der Waals surface area contributed by atoms with E-state index in [4.69, 9.17) is 9.40 Å². The summed E-state index contributed by atoms with van der Waals surface area (Å²) in [4.78, 5) is 53.7. The molecule has 0 unspecified atom stereocenters. The summed E-state index contributed by atoms with van der Waals surface area (Å²) >= 11 is 0. The third kappa shape index (κ3) is 6.80. The number of imidazole rings is 2. The summed E-state index contributed by atoms with van der Waals surface area (Å²) < 4.78 is 5.25. The second kappa shape index (κ2) is 15.0. The average Bonchev–Trinajstić information content (AvgIpc) is 4.06.